The quantitative estimate of drug-likeness (QED) is 0.563. The highest BCUT2D eigenvalue weighted by Crippen LogP contribution is 2.25. The van der Waals surface area contributed by atoms with Crippen molar-refractivity contribution in [2.24, 2.45) is 5.73 Å². The fourth-order valence-electron chi connectivity index (χ4n) is 2.74. The fourth-order valence-corrected chi connectivity index (χ4v) is 2.74. The number of primary amides is 1. The number of nitrogens with two attached hydrogens (primary N) is 1. The van der Waals surface area contributed by atoms with Gasteiger partial charge in [-0.3, -0.25) is 4.79 Å². The van der Waals surface area contributed by atoms with Gasteiger partial charge in [0.25, 0.3) is 5.91 Å². The number of rotatable bonds is 12. The summed E-state index contributed by atoms with van der Waals surface area (Å²) in [7, 11) is 0. The van der Waals surface area contributed by atoms with E-state index in [1.165, 1.54) is 43.2 Å². The molecule has 0 saturated heterocycles. The van der Waals surface area contributed by atoms with Gasteiger partial charge in [-0.05, 0) is 49.3 Å². The van der Waals surface area contributed by atoms with E-state index in [2.05, 4.69) is 26.0 Å². The van der Waals surface area contributed by atoms with Crippen LogP contribution in [0.5, 0.6) is 5.75 Å². The standard InChI is InChI=1S/C20H33NO2/c1-4-7-9-11-16-13-14-19(23-18(6-3)20(21)22)17(15-16)12-10-8-5-2/h13-15,18H,4-12H2,1-3H3,(H2,21,22). The molecule has 2 N–H and O–H groups in total. The highest BCUT2D eigenvalue weighted by atomic mass is 16.5. The van der Waals surface area contributed by atoms with E-state index >= 15 is 0 Å². The van der Waals surface area contributed by atoms with Crippen LogP contribution in [-0.4, -0.2) is 12.0 Å². The molecule has 0 aliphatic carbocycles. The van der Waals surface area contributed by atoms with Crippen LogP contribution in [0.25, 0.3) is 0 Å². The van der Waals surface area contributed by atoms with E-state index in [-0.39, 0.29) is 5.91 Å². The minimum atomic E-state index is -0.536. The predicted molar refractivity (Wildman–Crippen MR) is 96.8 cm³/mol. The van der Waals surface area contributed by atoms with Gasteiger partial charge in [0.05, 0.1) is 0 Å². The lowest BCUT2D eigenvalue weighted by Crippen LogP contribution is -2.33. The number of benzene rings is 1. The van der Waals surface area contributed by atoms with Crippen LogP contribution in [0.1, 0.15) is 76.8 Å². The molecule has 1 aromatic rings. The summed E-state index contributed by atoms with van der Waals surface area (Å²) >= 11 is 0. The van der Waals surface area contributed by atoms with E-state index in [0.717, 1.165) is 25.0 Å². The normalized spacial score (nSPS) is 12.1. The van der Waals surface area contributed by atoms with Crippen LogP contribution in [0.3, 0.4) is 0 Å². The zero-order valence-electron chi connectivity index (χ0n) is 15.1. The van der Waals surface area contributed by atoms with E-state index in [9.17, 15) is 4.79 Å². The highest BCUT2D eigenvalue weighted by Gasteiger charge is 2.16. The van der Waals surface area contributed by atoms with Crippen molar-refractivity contribution >= 4 is 5.91 Å². The lowest BCUT2D eigenvalue weighted by Gasteiger charge is -2.18. The Morgan fingerprint density at radius 2 is 1.70 bits per heavy atom. The molecule has 0 bridgehead atoms. The van der Waals surface area contributed by atoms with Gasteiger partial charge in [0, 0.05) is 0 Å². The zero-order chi connectivity index (χ0) is 17.1. The third-order valence-electron chi connectivity index (χ3n) is 4.20. The first kappa shape index (κ1) is 19.5. The maximum atomic E-state index is 11.4. The Hall–Kier alpha value is -1.51. The van der Waals surface area contributed by atoms with Gasteiger partial charge < -0.3 is 10.5 Å². The van der Waals surface area contributed by atoms with Gasteiger partial charge in [0.1, 0.15) is 5.75 Å². The minimum Gasteiger partial charge on any atom is -0.480 e. The molecular weight excluding hydrogens is 286 g/mol. The summed E-state index contributed by atoms with van der Waals surface area (Å²) in [4.78, 5) is 11.4. The van der Waals surface area contributed by atoms with Gasteiger partial charge in [-0.2, -0.15) is 0 Å². The first-order valence-electron chi connectivity index (χ1n) is 9.20. The van der Waals surface area contributed by atoms with Gasteiger partial charge >= 0.3 is 0 Å². The van der Waals surface area contributed by atoms with Gasteiger partial charge in [-0.25, -0.2) is 0 Å². The third kappa shape index (κ3) is 7.06. The summed E-state index contributed by atoms with van der Waals surface area (Å²) in [6.45, 7) is 6.35. The predicted octanol–water partition coefficient (Wildman–Crippen LogP) is 4.79. The van der Waals surface area contributed by atoms with Crippen LogP contribution in [0.15, 0.2) is 18.2 Å². The summed E-state index contributed by atoms with van der Waals surface area (Å²) in [6.07, 6.45) is 9.47. The Bertz CT molecular complexity index is 471. The number of carbonyl (C=O) groups is 1. The molecule has 23 heavy (non-hydrogen) atoms. The zero-order valence-corrected chi connectivity index (χ0v) is 15.1. The number of hydrogen-bond donors (Lipinski definition) is 1. The minimum absolute atomic E-state index is 0.390. The van der Waals surface area contributed by atoms with Gasteiger partial charge in [-0.1, -0.05) is 58.6 Å². The Morgan fingerprint density at radius 3 is 2.26 bits per heavy atom. The number of aryl methyl sites for hydroxylation is 2. The monoisotopic (exact) mass is 319 g/mol. The van der Waals surface area contributed by atoms with E-state index in [4.69, 9.17) is 10.5 Å². The van der Waals surface area contributed by atoms with Crippen LogP contribution in [0.2, 0.25) is 0 Å². The van der Waals surface area contributed by atoms with E-state index in [0.29, 0.717) is 6.42 Å². The molecule has 0 aliphatic rings. The molecule has 3 heteroatoms. The topological polar surface area (TPSA) is 52.3 Å². The molecule has 130 valence electrons. The lowest BCUT2D eigenvalue weighted by atomic mass is 10.00. The van der Waals surface area contributed by atoms with Crippen molar-refractivity contribution in [1.29, 1.82) is 0 Å². The van der Waals surface area contributed by atoms with E-state index in [1.807, 2.05) is 13.0 Å². The van der Waals surface area contributed by atoms with Crippen molar-refractivity contribution in [2.75, 3.05) is 0 Å². The molecule has 0 spiro atoms. The van der Waals surface area contributed by atoms with Crippen molar-refractivity contribution in [3.05, 3.63) is 29.3 Å². The molecule has 0 aromatic heterocycles. The van der Waals surface area contributed by atoms with Crippen LogP contribution in [-0.2, 0) is 17.6 Å². The maximum Gasteiger partial charge on any atom is 0.258 e. The summed E-state index contributed by atoms with van der Waals surface area (Å²) in [5.74, 6) is 0.435. The number of carbonyl (C=O) groups excluding carboxylic acids is 1. The largest absolute Gasteiger partial charge is 0.480 e. The number of ether oxygens (including phenoxy) is 1. The molecule has 1 rings (SSSR count). The Labute approximate surface area is 141 Å². The second-order valence-corrected chi connectivity index (χ2v) is 6.27. The van der Waals surface area contributed by atoms with Crippen LogP contribution < -0.4 is 10.5 Å². The summed E-state index contributed by atoms with van der Waals surface area (Å²) in [5.41, 5.74) is 7.99. The molecule has 0 aliphatic heterocycles. The SMILES string of the molecule is CCCCCc1ccc(OC(CC)C(N)=O)c(CCCCC)c1. The van der Waals surface area contributed by atoms with Gasteiger partial charge in [-0.15, -0.1) is 0 Å². The number of amides is 1. The Balaban J connectivity index is 2.86. The van der Waals surface area contributed by atoms with Crippen LogP contribution in [0, 0.1) is 0 Å². The smallest absolute Gasteiger partial charge is 0.258 e. The van der Waals surface area contributed by atoms with Gasteiger partial charge in [0.2, 0.25) is 0 Å². The molecule has 1 amide bonds. The molecule has 0 fully saturated rings. The average molecular weight is 319 g/mol. The first-order chi connectivity index (χ1) is 11.1. The molecule has 0 radical (unpaired) electrons. The van der Waals surface area contributed by atoms with Gasteiger partial charge in [0.15, 0.2) is 6.10 Å². The number of hydrogen-bond acceptors (Lipinski definition) is 2. The molecule has 0 heterocycles. The lowest BCUT2D eigenvalue weighted by molar-refractivity contribution is -0.124. The van der Waals surface area contributed by atoms with Crippen molar-refractivity contribution in [3.8, 4) is 5.75 Å². The average Bonchev–Trinajstić information content (AvgIpc) is 2.54. The second kappa shape index (κ2) is 11.1. The van der Waals surface area contributed by atoms with E-state index in [1.54, 1.807) is 0 Å². The summed E-state index contributed by atoms with van der Waals surface area (Å²) < 4.78 is 5.89. The Morgan fingerprint density at radius 1 is 1.04 bits per heavy atom. The summed E-state index contributed by atoms with van der Waals surface area (Å²) in [6, 6.07) is 6.41. The molecule has 3 nitrogen and oxygen atoms in total. The van der Waals surface area contributed by atoms with Crippen molar-refractivity contribution in [3.63, 3.8) is 0 Å². The van der Waals surface area contributed by atoms with Crippen LogP contribution >= 0.6 is 0 Å². The van der Waals surface area contributed by atoms with Crippen molar-refractivity contribution < 1.29 is 9.53 Å². The number of unbranched alkanes of at least 4 members (excludes halogenated alkanes) is 4. The molecule has 1 unspecified atom stereocenters. The third-order valence-corrected chi connectivity index (χ3v) is 4.20. The van der Waals surface area contributed by atoms with Crippen molar-refractivity contribution in [1.82, 2.24) is 0 Å². The summed E-state index contributed by atoms with van der Waals surface area (Å²) in [5, 5.41) is 0. The maximum absolute atomic E-state index is 11.4. The first-order valence-corrected chi connectivity index (χ1v) is 9.20. The van der Waals surface area contributed by atoms with Crippen molar-refractivity contribution in [2.45, 2.75) is 84.7 Å². The molecular formula is C20H33NO2. The second-order valence-electron chi connectivity index (χ2n) is 6.27. The Kier molecular flexibility index (Phi) is 9.42. The fraction of sp³-hybridized carbons (Fsp3) is 0.650. The molecule has 1 aromatic carbocycles. The van der Waals surface area contributed by atoms with E-state index < -0.39 is 6.10 Å². The highest BCUT2D eigenvalue weighted by molar-refractivity contribution is 5.79. The molecule has 1 atom stereocenters. The van der Waals surface area contributed by atoms with Crippen LogP contribution in [0.4, 0.5) is 0 Å². The molecule has 0 saturated carbocycles.